The van der Waals surface area contributed by atoms with E-state index in [1.165, 1.54) is 24.3 Å². The summed E-state index contributed by atoms with van der Waals surface area (Å²) in [7, 11) is 2.23. The van der Waals surface area contributed by atoms with Gasteiger partial charge in [-0.25, -0.2) is 0 Å². The molecule has 1 N–H and O–H groups in total. The molecule has 0 aromatic heterocycles. The van der Waals surface area contributed by atoms with E-state index in [9.17, 15) is 0 Å². The van der Waals surface area contributed by atoms with Crippen molar-refractivity contribution < 1.29 is 0 Å². The van der Waals surface area contributed by atoms with Crippen LogP contribution in [0.2, 0.25) is 0 Å². The second kappa shape index (κ2) is 7.01. The molecule has 102 valence electrons. The average Bonchev–Trinajstić information content (AvgIpc) is 2.29. The van der Waals surface area contributed by atoms with Crippen molar-refractivity contribution in [2.75, 3.05) is 31.6 Å². The van der Waals surface area contributed by atoms with Crippen LogP contribution in [0.15, 0.2) is 0 Å². The highest BCUT2D eigenvalue weighted by atomic mass is 32.2. The number of hydrogen-bond acceptors (Lipinski definition) is 3. The fourth-order valence-electron chi connectivity index (χ4n) is 2.22. The first kappa shape index (κ1) is 15.3. The van der Waals surface area contributed by atoms with Crippen molar-refractivity contribution in [3.05, 3.63) is 0 Å². The Morgan fingerprint density at radius 1 is 1.47 bits per heavy atom. The Kier molecular flexibility index (Phi) is 6.32. The highest BCUT2D eigenvalue weighted by Gasteiger charge is 2.31. The number of thioether (sulfide) groups is 1. The molecule has 0 aromatic carbocycles. The van der Waals surface area contributed by atoms with Gasteiger partial charge in [-0.05, 0) is 38.0 Å². The third-order valence-electron chi connectivity index (χ3n) is 4.32. The van der Waals surface area contributed by atoms with Gasteiger partial charge in [0.1, 0.15) is 0 Å². The lowest BCUT2D eigenvalue weighted by molar-refractivity contribution is 0.216. The number of likely N-dealkylation sites (N-methyl/N-ethyl adjacent to an activating group) is 1. The van der Waals surface area contributed by atoms with Crippen molar-refractivity contribution in [2.24, 2.45) is 5.41 Å². The first-order valence-electron chi connectivity index (χ1n) is 6.98. The SMILES string of the molecule is CCC(C)N(C)CCNC1CSCCC1(C)C. The van der Waals surface area contributed by atoms with E-state index in [1.807, 2.05) is 0 Å². The van der Waals surface area contributed by atoms with Crippen LogP contribution in [0.3, 0.4) is 0 Å². The lowest BCUT2D eigenvalue weighted by atomic mass is 9.82. The first-order chi connectivity index (χ1) is 7.97. The van der Waals surface area contributed by atoms with Crippen LogP contribution >= 0.6 is 11.8 Å². The molecule has 0 spiro atoms. The molecule has 0 amide bonds. The molecule has 0 radical (unpaired) electrons. The van der Waals surface area contributed by atoms with E-state index in [2.05, 4.69) is 56.7 Å². The molecule has 1 fully saturated rings. The Labute approximate surface area is 112 Å². The standard InChI is InChI=1S/C14H30N2S/c1-6-12(2)16(5)9-8-15-13-11-17-10-7-14(13,3)4/h12-13,15H,6-11H2,1-5H3. The van der Waals surface area contributed by atoms with Crippen molar-refractivity contribution >= 4 is 11.8 Å². The number of rotatable bonds is 6. The van der Waals surface area contributed by atoms with Crippen molar-refractivity contribution in [1.29, 1.82) is 0 Å². The molecule has 2 unspecified atom stereocenters. The Balaban J connectivity index is 2.25. The van der Waals surface area contributed by atoms with Crippen LogP contribution in [0.25, 0.3) is 0 Å². The molecule has 0 bridgehead atoms. The molecule has 1 rings (SSSR count). The summed E-state index contributed by atoms with van der Waals surface area (Å²) in [6, 6.07) is 1.39. The maximum Gasteiger partial charge on any atom is 0.0210 e. The zero-order valence-electron chi connectivity index (χ0n) is 12.3. The maximum absolute atomic E-state index is 3.76. The van der Waals surface area contributed by atoms with Gasteiger partial charge in [0.15, 0.2) is 0 Å². The van der Waals surface area contributed by atoms with Crippen LogP contribution in [0.4, 0.5) is 0 Å². The lowest BCUT2D eigenvalue weighted by Crippen LogP contribution is -2.49. The smallest absolute Gasteiger partial charge is 0.0210 e. The number of nitrogens with zero attached hydrogens (tertiary/aromatic N) is 1. The lowest BCUT2D eigenvalue weighted by Gasteiger charge is -2.39. The topological polar surface area (TPSA) is 15.3 Å². The Morgan fingerprint density at radius 3 is 2.76 bits per heavy atom. The highest BCUT2D eigenvalue weighted by Crippen LogP contribution is 2.33. The highest BCUT2D eigenvalue weighted by molar-refractivity contribution is 7.99. The zero-order chi connectivity index (χ0) is 12.9. The van der Waals surface area contributed by atoms with Crippen LogP contribution in [-0.4, -0.2) is 48.6 Å². The van der Waals surface area contributed by atoms with Gasteiger partial charge in [-0.2, -0.15) is 11.8 Å². The van der Waals surface area contributed by atoms with Gasteiger partial charge >= 0.3 is 0 Å². The zero-order valence-corrected chi connectivity index (χ0v) is 13.1. The molecule has 0 aromatic rings. The molecule has 0 saturated carbocycles. The molecule has 17 heavy (non-hydrogen) atoms. The molecule has 0 aliphatic carbocycles. The van der Waals surface area contributed by atoms with Gasteiger partial charge in [-0.3, -0.25) is 0 Å². The van der Waals surface area contributed by atoms with Gasteiger partial charge in [-0.15, -0.1) is 0 Å². The van der Waals surface area contributed by atoms with Gasteiger partial charge in [0, 0.05) is 30.9 Å². The monoisotopic (exact) mass is 258 g/mol. The molecule has 1 aliphatic heterocycles. The summed E-state index contributed by atoms with van der Waals surface area (Å²) >= 11 is 2.10. The largest absolute Gasteiger partial charge is 0.311 e. The molecule has 2 atom stereocenters. The molecule has 3 heteroatoms. The summed E-state index contributed by atoms with van der Waals surface area (Å²) in [5.74, 6) is 2.61. The number of hydrogen-bond donors (Lipinski definition) is 1. The second-order valence-electron chi connectivity index (χ2n) is 6.06. The third-order valence-corrected chi connectivity index (χ3v) is 5.38. The summed E-state index contributed by atoms with van der Waals surface area (Å²) in [5.41, 5.74) is 0.472. The fraction of sp³-hybridized carbons (Fsp3) is 1.00. The predicted octanol–water partition coefficient (Wildman–Crippen LogP) is 2.84. The minimum atomic E-state index is 0.472. The van der Waals surface area contributed by atoms with E-state index in [4.69, 9.17) is 0 Å². The molecule has 2 nitrogen and oxygen atoms in total. The maximum atomic E-state index is 3.76. The van der Waals surface area contributed by atoms with Gasteiger partial charge in [0.05, 0.1) is 0 Å². The Hall–Kier alpha value is 0.270. The Bertz CT molecular complexity index is 218. The van der Waals surface area contributed by atoms with E-state index in [0.717, 1.165) is 13.1 Å². The van der Waals surface area contributed by atoms with Gasteiger partial charge in [-0.1, -0.05) is 20.8 Å². The molecule has 1 aliphatic rings. The minimum Gasteiger partial charge on any atom is -0.311 e. The molecular formula is C14H30N2S. The first-order valence-corrected chi connectivity index (χ1v) is 8.14. The van der Waals surface area contributed by atoms with E-state index >= 15 is 0 Å². The molecule has 1 heterocycles. The predicted molar refractivity (Wildman–Crippen MR) is 79.9 cm³/mol. The van der Waals surface area contributed by atoms with Crippen LogP contribution < -0.4 is 5.32 Å². The summed E-state index contributed by atoms with van der Waals surface area (Å²) in [5, 5.41) is 3.76. The number of nitrogens with one attached hydrogen (secondary N) is 1. The van der Waals surface area contributed by atoms with E-state index in [1.54, 1.807) is 0 Å². The summed E-state index contributed by atoms with van der Waals surface area (Å²) in [6.07, 6.45) is 2.58. The van der Waals surface area contributed by atoms with Crippen LogP contribution in [-0.2, 0) is 0 Å². The molecule has 1 saturated heterocycles. The average molecular weight is 258 g/mol. The van der Waals surface area contributed by atoms with E-state index in [0.29, 0.717) is 17.5 Å². The van der Waals surface area contributed by atoms with E-state index < -0.39 is 0 Å². The third kappa shape index (κ3) is 4.80. The second-order valence-corrected chi connectivity index (χ2v) is 7.21. The Morgan fingerprint density at radius 2 is 2.18 bits per heavy atom. The van der Waals surface area contributed by atoms with Crippen molar-refractivity contribution in [2.45, 2.75) is 52.6 Å². The van der Waals surface area contributed by atoms with Gasteiger partial charge in [0.25, 0.3) is 0 Å². The summed E-state index contributed by atoms with van der Waals surface area (Å²) < 4.78 is 0. The van der Waals surface area contributed by atoms with Crippen molar-refractivity contribution in [3.8, 4) is 0 Å². The van der Waals surface area contributed by atoms with Crippen LogP contribution in [0.5, 0.6) is 0 Å². The van der Waals surface area contributed by atoms with Crippen LogP contribution in [0.1, 0.15) is 40.5 Å². The molecular weight excluding hydrogens is 228 g/mol. The normalized spacial score (nSPS) is 26.1. The summed E-state index contributed by atoms with van der Waals surface area (Å²) in [6.45, 7) is 11.7. The summed E-state index contributed by atoms with van der Waals surface area (Å²) in [4.78, 5) is 2.45. The quantitative estimate of drug-likeness (QED) is 0.789. The fourth-order valence-corrected chi connectivity index (χ4v) is 3.86. The van der Waals surface area contributed by atoms with Crippen molar-refractivity contribution in [3.63, 3.8) is 0 Å². The van der Waals surface area contributed by atoms with Crippen LogP contribution in [0, 0.1) is 5.41 Å². The van der Waals surface area contributed by atoms with E-state index in [-0.39, 0.29) is 0 Å². The van der Waals surface area contributed by atoms with Crippen molar-refractivity contribution in [1.82, 2.24) is 10.2 Å². The minimum absolute atomic E-state index is 0.472. The van der Waals surface area contributed by atoms with Gasteiger partial charge < -0.3 is 10.2 Å². The van der Waals surface area contributed by atoms with Gasteiger partial charge in [0.2, 0.25) is 0 Å².